The van der Waals surface area contributed by atoms with E-state index in [2.05, 4.69) is 30.4 Å². The van der Waals surface area contributed by atoms with Crippen LogP contribution in [0.25, 0.3) is 16.8 Å². The van der Waals surface area contributed by atoms with E-state index in [0.29, 0.717) is 156 Å². The Labute approximate surface area is 487 Å². The number of piperazine rings is 1. The standard InChI is InChI=1S/C62H86N10O9S/c63-60-59-58(46-24-26-47(27-25-46)62(78)67-55-22-3-7-28-64-55)68-61(72(59)33-29-65-60)53-20-4-8-32-71(53)57(77)23-13-31-70-36-34-69(35-37-70)30-12-19-50(75)18-11-17-49(74)16-6-10-39-80-41-43-81-42-40-79-38-9-5-15-48(73)14-1-2-21-54-51-44-56(76)66-52(51)45-82-54/h3,7,13,22-29,33,51-54H,1-2,4-6,8-12,14-21,30-32,34-45H2,(H2,63,65)(H,66,76)(H,64,67,78)/b23-13+/t51-,52-,53-,54-/m0/s1. The van der Waals surface area contributed by atoms with Crippen molar-refractivity contribution in [3.63, 3.8) is 0 Å². The number of ketones is 3. The third-order valence-electron chi connectivity index (χ3n) is 16.1. The summed E-state index contributed by atoms with van der Waals surface area (Å²) in [6.45, 7) is 8.95. The molecule has 7 heterocycles. The average molecular weight is 1150 g/mol. The number of amides is 3. The number of anilines is 2. The number of nitrogen functional groups attached to an aromatic ring is 1. The highest BCUT2D eigenvalue weighted by atomic mass is 32.2. The van der Waals surface area contributed by atoms with Crippen molar-refractivity contribution < 1.29 is 43.0 Å². The van der Waals surface area contributed by atoms with Crippen LogP contribution in [-0.4, -0.2) is 172 Å². The zero-order chi connectivity index (χ0) is 57.3. The summed E-state index contributed by atoms with van der Waals surface area (Å²) in [4.78, 5) is 96.2. The highest BCUT2D eigenvalue weighted by molar-refractivity contribution is 8.00. The van der Waals surface area contributed by atoms with Crippen molar-refractivity contribution in [2.45, 2.75) is 139 Å². The van der Waals surface area contributed by atoms with Gasteiger partial charge in [-0.2, -0.15) is 11.8 Å². The Morgan fingerprint density at radius 2 is 1.38 bits per heavy atom. The second-order valence-electron chi connectivity index (χ2n) is 22.2. The molecule has 444 valence electrons. The maximum absolute atomic E-state index is 13.9. The lowest BCUT2D eigenvalue weighted by molar-refractivity contribution is -0.130. The summed E-state index contributed by atoms with van der Waals surface area (Å²) in [5.74, 6) is 3.65. The molecule has 4 atom stereocenters. The number of thioether (sulfide) groups is 1. The number of pyridine rings is 1. The van der Waals surface area contributed by atoms with Crippen LogP contribution in [0.15, 0.2) is 73.2 Å². The fourth-order valence-electron chi connectivity index (χ4n) is 11.5. The molecular weight excluding hydrogens is 1060 g/mol. The first kappa shape index (κ1) is 62.2. The van der Waals surface area contributed by atoms with Gasteiger partial charge in [-0.15, -0.1) is 0 Å². The van der Waals surface area contributed by atoms with Crippen molar-refractivity contribution >= 4 is 64.0 Å². The molecule has 0 aliphatic carbocycles. The molecule has 82 heavy (non-hydrogen) atoms. The molecular formula is C62H86N10O9S. The largest absolute Gasteiger partial charge is 0.382 e. The number of piperidine rings is 1. The maximum atomic E-state index is 13.9. The number of rotatable bonds is 36. The molecule has 19 nitrogen and oxygen atoms in total. The maximum Gasteiger partial charge on any atom is 0.256 e. The number of ether oxygens (including phenoxy) is 3. The molecule has 0 radical (unpaired) electrons. The number of likely N-dealkylation sites (tertiary alicyclic amines) is 1. The minimum absolute atomic E-state index is 0.0491. The van der Waals surface area contributed by atoms with E-state index in [-0.39, 0.29) is 35.3 Å². The number of nitrogens with two attached hydrogens (primary N) is 1. The topological polar surface area (TPSA) is 233 Å². The van der Waals surface area contributed by atoms with Gasteiger partial charge in [-0.05, 0) is 101 Å². The van der Waals surface area contributed by atoms with Gasteiger partial charge in [0.2, 0.25) is 11.8 Å². The number of nitrogens with one attached hydrogen (secondary N) is 2. The first-order valence-electron chi connectivity index (χ1n) is 30.2. The summed E-state index contributed by atoms with van der Waals surface area (Å²) in [5, 5.41) is 6.46. The van der Waals surface area contributed by atoms with E-state index in [1.54, 1.807) is 42.7 Å². The van der Waals surface area contributed by atoms with Crippen LogP contribution in [-0.2, 0) is 38.2 Å². The van der Waals surface area contributed by atoms with Crippen LogP contribution >= 0.6 is 11.8 Å². The van der Waals surface area contributed by atoms with E-state index in [1.807, 2.05) is 51.5 Å². The summed E-state index contributed by atoms with van der Waals surface area (Å²) in [5.41, 5.74) is 9.02. The smallest absolute Gasteiger partial charge is 0.256 e. The molecule has 4 aliphatic rings. The Balaban J connectivity index is 0.604. The molecule has 20 heteroatoms. The van der Waals surface area contributed by atoms with E-state index < -0.39 is 0 Å². The molecule has 4 aliphatic heterocycles. The Morgan fingerprint density at radius 3 is 2.07 bits per heavy atom. The lowest BCUT2D eigenvalue weighted by atomic mass is 9.94. The Hall–Kier alpha value is -5.90. The van der Waals surface area contributed by atoms with Crippen LogP contribution < -0.4 is 16.4 Å². The van der Waals surface area contributed by atoms with Crippen molar-refractivity contribution in [3.05, 3.63) is 84.6 Å². The molecule has 3 amide bonds. The van der Waals surface area contributed by atoms with Gasteiger partial charge in [-0.1, -0.05) is 30.7 Å². The van der Waals surface area contributed by atoms with E-state index in [9.17, 15) is 28.8 Å². The van der Waals surface area contributed by atoms with Gasteiger partial charge < -0.3 is 40.4 Å². The van der Waals surface area contributed by atoms with Crippen molar-refractivity contribution in [1.29, 1.82) is 0 Å². The normalized spacial score (nSPS) is 19.5. The monoisotopic (exact) mass is 1150 g/mol. The number of nitrogens with zero attached hydrogens (tertiary/aromatic N) is 7. The highest BCUT2D eigenvalue weighted by Gasteiger charge is 2.42. The van der Waals surface area contributed by atoms with Crippen molar-refractivity contribution in [2.75, 3.05) is 102 Å². The van der Waals surface area contributed by atoms with Gasteiger partial charge in [0, 0.05) is 156 Å². The molecule has 3 aromatic heterocycles. The van der Waals surface area contributed by atoms with Crippen LogP contribution in [0.4, 0.5) is 11.6 Å². The lowest BCUT2D eigenvalue weighted by Gasteiger charge is -2.35. The fourth-order valence-corrected chi connectivity index (χ4v) is 13.2. The number of unbranched alkanes of at least 4 members (excludes halogenated alkanes) is 3. The molecule has 8 rings (SSSR count). The van der Waals surface area contributed by atoms with Crippen LogP contribution in [0.1, 0.15) is 144 Å². The molecule has 1 aromatic carbocycles. The molecule has 0 spiro atoms. The Kier molecular flexibility index (Phi) is 25.3. The van der Waals surface area contributed by atoms with Gasteiger partial charge in [0.05, 0.1) is 32.5 Å². The number of imidazole rings is 1. The van der Waals surface area contributed by atoms with Gasteiger partial charge in [-0.25, -0.2) is 15.0 Å². The van der Waals surface area contributed by atoms with Gasteiger partial charge in [-0.3, -0.25) is 38.1 Å². The van der Waals surface area contributed by atoms with Gasteiger partial charge in [0.1, 0.15) is 46.0 Å². The number of carbonyl (C=O) groups excluding carboxylic acids is 6. The number of hydrogen-bond donors (Lipinski definition) is 3. The predicted octanol–water partition coefficient (Wildman–Crippen LogP) is 8.08. The summed E-state index contributed by atoms with van der Waals surface area (Å²) in [6.07, 6.45) is 23.0. The van der Waals surface area contributed by atoms with Gasteiger partial charge in [0.25, 0.3) is 5.91 Å². The minimum atomic E-state index is -0.273. The summed E-state index contributed by atoms with van der Waals surface area (Å²) < 4.78 is 18.9. The zero-order valence-corrected chi connectivity index (χ0v) is 48.7. The fraction of sp³-hybridized carbons (Fsp3) is 0.597. The molecule has 0 saturated carbocycles. The highest BCUT2D eigenvalue weighted by Crippen LogP contribution is 2.41. The first-order valence-corrected chi connectivity index (χ1v) is 31.2. The average Bonchev–Trinajstić information content (AvgIpc) is 3.71. The Bertz CT molecular complexity index is 2720. The second kappa shape index (κ2) is 33.4. The van der Waals surface area contributed by atoms with Gasteiger partial charge >= 0.3 is 0 Å². The van der Waals surface area contributed by atoms with Crippen molar-refractivity contribution in [1.82, 2.24) is 39.4 Å². The van der Waals surface area contributed by atoms with Crippen LogP contribution in [0, 0.1) is 5.92 Å². The number of fused-ring (bicyclic) bond motifs is 2. The number of aromatic nitrogens is 4. The third kappa shape index (κ3) is 19.3. The van der Waals surface area contributed by atoms with E-state index in [0.717, 1.165) is 120 Å². The molecule has 4 aromatic rings. The molecule has 4 saturated heterocycles. The number of carbonyl (C=O) groups is 6. The lowest BCUT2D eigenvalue weighted by Crippen LogP contribution is -2.46. The second-order valence-corrected chi connectivity index (χ2v) is 23.4. The van der Waals surface area contributed by atoms with Crippen LogP contribution in [0.2, 0.25) is 0 Å². The summed E-state index contributed by atoms with van der Waals surface area (Å²) in [7, 11) is 0. The SMILES string of the molecule is Nc1nccn2c([C@@H]3CCCCN3C(=O)/C=C/CN3CCN(CCCC(=O)CCCC(=O)CCCCOCCOCCOCCCCC(=O)CCCC[C@@H]4SC[C@@H]5NC(=O)C[C@@H]54)CC3)nc(-c3ccc(C(=O)Nc4ccccn4)cc3)c12. The summed E-state index contributed by atoms with van der Waals surface area (Å²) in [6, 6.07) is 12.6. The third-order valence-corrected chi connectivity index (χ3v) is 17.7. The number of benzene rings is 1. The zero-order valence-electron chi connectivity index (χ0n) is 47.9. The summed E-state index contributed by atoms with van der Waals surface area (Å²) >= 11 is 1.98. The first-order chi connectivity index (χ1) is 40.1. The van der Waals surface area contributed by atoms with Crippen molar-refractivity contribution in [2.24, 2.45) is 5.92 Å². The van der Waals surface area contributed by atoms with E-state index >= 15 is 0 Å². The molecule has 4 N–H and O–H groups in total. The molecule has 0 bridgehead atoms. The number of Topliss-reactive ketones (excluding diaryl/α,β-unsaturated/α-hetero) is 3. The van der Waals surface area contributed by atoms with Crippen molar-refractivity contribution in [3.8, 4) is 11.3 Å². The molecule has 4 fully saturated rings. The number of hydrogen-bond acceptors (Lipinski definition) is 16. The predicted molar refractivity (Wildman–Crippen MR) is 318 cm³/mol. The minimum Gasteiger partial charge on any atom is -0.382 e. The van der Waals surface area contributed by atoms with E-state index in [1.165, 1.54) is 0 Å². The van der Waals surface area contributed by atoms with Crippen LogP contribution in [0.3, 0.4) is 0 Å². The molecule has 0 unspecified atom stereocenters. The quantitative estimate of drug-likeness (QED) is 0.0288. The Morgan fingerprint density at radius 1 is 0.720 bits per heavy atom. The van der Waals surface area contributed by atoms with Gasteiger partial charge in [0.15, 0.2) is 0 Å². The van der Waals surface area contributed by atoms with Crippen LogP contribution in [0.5, 0.6) is 0 Å². The van der Waals surface area contributed by atoms with E-state index in [4.69, 9.17) is 24.9 Å².